The van der Waals surface area contributed by atoms with E-state index in [1.54, 1.807) is 19.1 Å². The molecule has 1 fully saturated rings. The second-order valence-corrected chi connectivity index (χ2v) is 7.52. The summed E-state index contributed by atoms with van der Waals surface area (Å²) in [5, 5.41) is 3.35. The molecule has 0 amide bonds. The maximum atomic E-state index is 12.9. The van der Waals surface area contributed by atoms with Crippen LogP contribution in [-0.4, -0.2) is 26.8 Å². The minimum absolute atomic E-state index is 0.121. The van der Waals surface area contributed by atoms with Crippen molar-refractivity contribution in [1.82, 2.24) is 10.0 Å². The Bertz CT molecular complexity index is 539. The van der Waals surface area contributed by atoms with Crippen molar-refractivity contribution in [2.45, 2.75) is 44.7 Å². The number of sulfonamides is 1. The fourth-order valence-corrected chi connectivity index (χ4v) is 4.00. The number of hydrogen-bond donors (Lipinski definition) is 2. The standard InChI is InChI=1S/C15H23FN2O2S/c1-12(13-5-7-14(16)8-6-13)18-21(19,20)11-9-15-4-2-3-10-17-15/h5-8,12,15,17-18H,2-4,9-11H2,1H3. The molecule has 2 atom stereocenters. The monoisotopic (exact) mass is 314 g/mol. The van der Waals surface area contributed by atoms with E-state index >= 15 is 0 Å². The fraction of sp³-hybridized carbons (Fsp3) is 0.600. The predicted octanol–water partition coefficient (Wildman–Crippen LogP) is 2.34. The summed E-state index contributed by atoms with van der Waals surface area (Å²) < 4.78 is 39.7. The van der Waals surface area contributed by atoms with E-state index in [0.717, 1.165) is 24.9 Å². The summed E-state index contributed by atoms with van der Waals surface area (Å²) in [7, 11) is -3.32. The molecular weight excluding hydrogens is 291 g/mol. The zero-order chi connectivity index (χ0) is 15.3. The van der Waals surface area contributed by atoms with Gasteiger partial charge in [0.2, 0.25) is 10.0 Å². The third-order valence-electron chi connectivity index (χ3n) is 3.87. The highest BCUT2D eigenvalue weighted by Gasteiger charge is 2.19. The minimum atomic E-state index is -3.32. The van der Waals surface area contributed by atoms with Gasteiger partial charge in [-0.1, -0.05) is 18.6 Å². The second-order valence-electron chi connectivity index (χ2n) is 5.65. The zero-order valence-electron chi connectivity index (χ0n) is 12.3. The Morgan fingerprint density at radius 3 is 2.67 bits per heavy atom. The maximum Gasteiger partial charge on any atom is 0.212 e. The Morgan fingerprint density at radius 2 is 2.05 bits per heavy atom. The average Bonchev–Trinajstić information content (AvgIpc) is 2.46. The fourth-order valence-electron chi connectivity index (χ4n) is 2.62. The van der Waals surface area contributed by atoms with Crippen molar-refractivity contribution >= 4 is 10.0 Å². The number of hydrogen-bond acceptors (Lipinski definition) is 3. The minimum Gasteiger partial charge on any atom is -0.314 e. The molecule has 21 heavy (non-hydrogen) atoms. The van der Waals surface area contributed by atoms with Gasteiger partial charge < -0.3 is 5.32 Å². The molecule has 1 aromatic carbocycles. The molecule has 4 nitrogen and oxygen atoms in total. The topological polar surface area (TPSA) is 58.2 Å². The molecule has 2 unspecified atom stereocenters. The van der Waals surface area contributed by atoms with Crippen molar-refractivity contribution in [3.8, 4) is 0 Å². The smallest absolute Gasteiger partial charge is 0.212 e. The van der Waals surface area contributed by atoms with E-state index in [9.17, 15) is 12.8 Å². The van der Waals surface area contributed by atoms with Crippen LogP contribution in [0.5, 0.6) is 0 Å². The van der Waals surface area contributed by atoms with E-state index in [2.05, 4.69) is 10.0 Å². The number of nitrogens with one attached hydrogen (secondary N) is 2. The first-order valence-electron chi connectivity index (χ1n) is 7.45. The van der Waals surface area contributed by atoms with Crippen molar-refractivity contribution < 1.29 is 12.8 Å². The van der Waals surface area contributed by atoms with E-state index in [4.69, 9.17) is 0 Å². The first-order chi connectivity index (χ1) is 9.96. The van der Waals surface area contributed by atoms with Gasteiger partial charge in [0.05, 0.1) is 5.75 Å². The van der Waals surface area contributed by atoms with Crippen LogP contribution in [0, 0.1) is 5.82 Å². The number of benzene rings is 1. The van der Waals surface area contributed by atoms with Crippen molar-refractivity contribution in [3.63, 3.8) is 0 Å². The van der Waals surface area contributed by atoms with Crippen molar-refractivity contribution in [3.05, 3.63) is 35.6 Å². The molecular formula is C15H23FN2O2S. The van der Waals surface area contributed by atoms with E-state index in [1.165, 1.54) is 18.6 Å². The summed E-state index contributed by atoms with van der Waals surface area (Å²) in [4.78, 5) is 0. The lowest BCUT2D eigenvalue weighted by Crippen LogP contribution is -2.37. The van der Waals surface area contributed by atoms with E-state index < -0.39 is 10.0 Å². The summed E-state index contributed by atoms with van der Waals surface area (Å²) in [6, 6.07) is 5.83. The number of halogens is 1. The lowest BCUT2D eigenvalue weighted by Gasteiger charge is -2.23. The highest BCUT2D eigenvalue weighted by Crippen LogP contribution is 2.15. The van der Waals surface area contributed by atoms with Crippen LogP contribution in [0.4, 0.5) is 4.39 Å². The normalized spacial score (nSPS) is 21.1. The maximum absolute atomic E-state index is 12.9. The van der Waals surface area contributed by atoms with Gasteiger partial charge in [0, 0.05) is 12.1 Å². The Hall–Kier alpha value is -0.980. The number of rotatable bonds is 6. The third-order valence-corrected chi connectivity index (χ3v) is 5.36. The first kappa shape index (κ1) is 16.4. The highest BCUT2D eigenvalue weighted by atomic mass is 32.2. The lowest BCUT2D eigenvalue weighted by atomic mass is 10.0. The largest absolute Gasteiger partial charge is 0.314 e. The molecule has 6 heteroatoms. The van der Waals surface area contributed by atoms with Gasteiger partial charge in [-0.2, -0.15) is 0 Å². The molecule has 0 aliphatic carbocycles. The highest BCUT2D eigenvalue weighted by molar-refractivity contribution is 7.89. The molecule has 1 aliphatic heterocycles. The number of piperidine rings is 1. The van der Waals surface area contributed by atoms with Crippen LogP contribution in [0.1, 0.15) is 44.2 Å². The van der Waals surface area contributed by atoms with Crippen LogP contribution in [0.2, 0.25) is 0 Å². The zero-order valence-corrected chi connectivity index (χ0v) is 13.1. The van der Waals surface area contributed by atoms with E-state index in [-0.39, 0.29) is 17.6 Å². The van der Waals surface area contributed by atoms with Crippen LogP contribution in [0.15, 0.2) is 24.3 Å². The van der Waals surface area contributed by atoms with Gasteiger partial charge in [0.15, 0.2) is 0 Å². The van der Waals surface area contributed by atoms with Crippen LogP contribution in [0.25, 0.3) is 0 Å². The summed E-state index contributed by atoms with van der Waals surface area (Å²) in [6.07, 6.45) is 4.01. The lowest BCUT2D eigenvalue weighted by molar-refractivity contribution is 0.392. The molecule has 0 spiro atoms. The van der Waals surface area contributed by atoms with Crippen LogP contribution in [0.3, 0.4) is 0 Å². The molecule has 0 radical (unpaired) electrons. The molecule has 1 aromatic rings. The van der Waals surface area contributed by atoms with Crippen LogP contribution in [-0.2, 0) is 10.0 Å². The first-order valence-corrected chi connectivity index (χ1v) is 9.10. The van der Waals surface area contributed by atoms with Crippen LogP contribution >= 0.6 is 0 Å². The van der Waals surface area contributed by atoms with Crippen LogP contribution < -0.4 is 10.0 Å². The molecule has 1 saturated heterocycles. The molecule has 1 heterocycles. The second kappa shape index (κ2) is 7.33. The van der Waals surface area contributed by atoms with Gasteiger partial charge in [0.1, 0.15) is 5.82 Å². The summed E-state index contributed by atoms with van der Waals surface area (Å²) in [6.45, 7) is 2.74. The van der Waals surface area contributed by atoms with Crippen molar-refractivity contribution in [2.24, 2.45) is 0 Å². The SMILES string of the molecule is CC(NS(=O)(=O)CCC1CCCCN1)c1ccc(F)cc1. The average molecular weight is 314 g/mol. The molecule has 0 saturated carbocycles. The summed E-state index contributed by atoms with van der Waals surface area (Å²) in [5.74, 6) is -0.201. The van der Waals surface area contributed by atoms with Crippen molar-refractivity contribution in [1.29, 1.82) is 0 Å². The van der Waals surface area contributed by atoms with Crippen molar-refractivity contribution in [2.75, 3.05) is 12.3 Å². The molecule has 2 N–H and O–H groups in total. The van der Waals surface area contributed by atoms with E-state index in [0.29, 0.717) is 12.5 Å². The molecule has 0 aromatic heterocycles. The quantitative estimate of drug-likeness (QED) is 0.847. The Balaban J connectivity index is 1.86. The van der Waals surface area contributed by atoms with E-state index in [1.807, 2.05) is 0 Å². The summed E-state index contributed by atoms with van der Waals surface area (Å²) in [5.41, 5.74) is 0.760. The van der Waals surface area contributed by atoms with Gasteiger partial charge in [-0.3, -0.25) is 0 Å². The molecule has 1 aliphatic rings. The van der Waals surface area contributed by atoms with Gasteiger partial charge in [-0.05, 0) is 50.4 Å². The third kappa shape index (κ3) is 5.37. The van der Waals surface area contributed by atoms with Gasteiger partial charge in [-0.15, -0.1) is 0 Å². The van der Waals surface area contributed by atoms with Gasteiger partial charge in [0.25, 0.3) is 0 Å². The Morgan fingerprint density at radius 1 is 1.33 bits per heavy atom. The Labute approximate surface area is 126 Å². The molecule has 2 rings (SSSR count). The summed E-state index contributed by atoms with van der Waals surface area (Å²) >= 11 is 0. The predicted molar refractivity (Wildman–Crippen MR) is 82.0 cm³/mol. The van der Waals surface area contributed by atoms with Gasteiger partial charge in [-0.25, -0.2) is 17.5 Å². The molecule has 118 valence electrons. The Kier molecular flexibility index (Phi) is 5.72. The van der Waals surface area contributed by atoms with Gasteiger partial charge >= 0.3 is 0 Å². The molecule has 0 bridgehead atoms.